The van der Waals surface area contributed by atoms with E-state index in [-0.39, 0.29) is 11.8 Å². The van der Waals surface area contributed by atoms with E-state index in [1.165, 1.54) is 37.8 Å². The van der Waals surface area contributed by atoms with E-state index >= 15 is 0 Å². The minimum Gasteiger partial charge on any atom is -0.387 e. The van der Waals surface area contributed by atoms with Gasteiger partial charge in [0.05, 0.1) is 5.56 Å². The molecule has 0 bridgehead atoms. The van der Waals surface area contributed by atoms with Crippen molar-refractivity contribution in [3.63, 3.8) is 0 Å². The molecule has 0 unspecified atom stereocenters. The molecule has 6 heteroatoms. The normalized spacial score (nSPS) is 19.3. The van der Waals surface area contributed by atoms with E-state index in [4.69, 9.17) is 5.11 Å². The Kier molecular flexibility index (Phi) is 5.47. The van der Waals surface area contributed by atoms with Crippen LogP contribution in [0.15, 0.2) is 6.07 Å². The molecule has 6 nitrogen and oxygen atoms in total. The number of carbonyl (C=O) groups is 2. The maximum Gasteiger partial charge on any atom is 0.255 e. The van der Waals surface area contributed by atoms with E-state index in [0.29, 0.717) is 32.2 Å². The van der Waals surface area contributed by atoms with Crippen molar-refractivity contribution in [3.8, 4) is 0 Å². The molecule has 1 aromatic rings. The van der Waals surface area contributed by atoms with Crippen LogP contribution in [0.25, 0.3) is 0 Å². The summed E-state index contributed by atoms with van der Waals surface area (Å²) >= 11 is 0. The number of aromatic nitrogens is 1. The minimum atomic E-state index is -0.462. The Labute approximate surface area is 149 Å². The Hall–Kier alpha value is -1.82. The Balaban J connectivity index is 1.72. The van der Waals surface area contributed by atoms with Gasteiger partial charge in [-0.1, -0.05) is 19.3 Å². The number of aliphatic hydroxyl groups is 1. The largest absolute Gasteiger partial charge is 0.387 e. The molecule has 1 aliphatic carbocycles. The molecule has 1 aliphatic heterocycles. The van der Waals surface area contributed by atoms with Crippen molar-refractivity contribution in [2.75, 3.05) is 32.8 Å². The topological polar surface area (TPSA) is 65.8 Å². The molecule has 1 saturated carbocycles. The number of amides is 2. The molecule has 1 aromatic heterocycles. The lowest BCUT2D eigenvalue weighted by Gasteiger charge is -2.34. The first kappa shape index (κ1) is 18.0. The highest BCUT2D eigenvalue weighted by Gasteiger charge is 2.28. The van der Waals surface area contributed by atoms with Gasteiger partial charge >= 0.3 is 0 Å². The molecule has 2 amide bonds. The lowest BCUT2D eigenvalue weighted by Crippen LogP contribution is -2.51. The maximum absolute atomic E-state index is 13.0. The van der Waals surface area contributed by atoms with Crippen molar-refractivity contribution in [2.45, 2.75) is 52.0 Å². The van der Waals surface area contributed by atoms with E-state index in [9.17, 15) is 9.59 Å². The molecular weight excluding hydrogens is 318 g/mol. The average molecular weight is 347 g/mol. The van der Waals surface area contributed by atoms with E-state index < -0.39 is 6.61 Å². The van der Waals surface area contributed by atoms with Crippen LogP contribution >= 0.6 is 0 Å². The van der Waals surface area contributed by atoms with Gasteiger partial charge in [0.1, 0.15) is 6.61 Å². The summed E-state index contributed by atoms with van der Waals surface area (Å²) in [6.45, 7) is 5.72. The molecule has 1 saturated heterocycles. The van der Waals surface area contributed by atoms with Gasteiger partial charge in [0.15, 0.2) is 0 Å². The Morgan fingerprint density at radius 2 is 1.64 bits per heavy atom. The summed E-state index contributed by atoms with van der Waals surface area (Å²) in [7, 11) is 0. The smallest absolute Gasteiger partial charge is 0.255 e. The van der Waals surface area contributed by atoms with Gasteiger partial charge in [-0.3, -0.25) is 9.59 Å². The van der Waals surface area contributed by atoms with Gasteiger partial charge in [-0.15, -0.1) is 0 Å². The zero-order valence-electron chi connectivity index (χ0n) is 15.3. The average Bonchev–Trinajstić information content (AvgIpc) is 2.95. The van der Waals surface area contributed by atoms with Crippen LogP contribution in [0.5, 0.6) is 0 Å². The van der Waals surface area contributed by atoms with Crippen molar-refractivity contribution in [1.82, 2.24) is 14.4 Å². The second-order valence-electron chi connectivity index (χ2n) is 7.28. The molecule has 0 radical (unpaired) electrons. The maximum atomic E-state index is 13.0. The summed E-state index contributed by atoms with van der Waals surface area (Å²) in [5.74, 6) is -0.200. The zero-order valence-corrected chi connectivity index (χ0v) is 15.3. The highest BCUT2D eigenvalue weighted by atomic mass is 16.3. The number of aryl methyl sites for hydroxylation is 1. The molecule has 3 rings (SSSR count). The third kappa shape index (κ3) is 3.59. The van der Waals surface area contributed by atoms with Crippen LogP contribution in [0, 0.1) is 13.8 Å². The van der Waals surface area contributed by atoms with Crippen LogP contribution in [0.4, 0.5) is 0 Å². The first-order valence-corrected chi connectivity index (χ1v) is 9.39. The van der Waals surface area contributed by atoms with Crippen molar-refractivity contribution >= 4 is 11.8 Å². The van der Waals surface area contributed by atoms with Crippen molar-refractivity contribution in [1.29, 1.82) is 0 Å². The fraction of sp³-hybridized carbons (Fsp3) is 0.684. The Morgan fingerprint density at radius 1 is 1.04 bits per heavy atom. The molecule has 25 heavy (non-hydrogen) atoms. The molecule has 2 aliphatic rings. The number of aliphatic hydroxyl groups excluding tert-OH is 1. The SMILES string of the molecule is Cc1cc(C(=O)N2CCN(C(=O)CO)CC2)c(C)n1C1CCCCC1. The van der Waals surface area contributed by atoms with Crippen molar-refractivity contribution in [3.05, 3.63) is 23.0 Å². The van der Waals surface area contributed by atoms with Gasteiger partial charge in [-0.2, -0.15) is 0 Å². The van der Waals surface area contributed by atoms with E-state index in [0.717, 1.165) is 11.3 Å². The summed E-state index contributed by atoms with van der Waals surface area (Å²) in [6, 6.07) is 2.55. The summed E-state index contributed by atoms with van der Waals surface area (Å²) in [6.07, 6.45) is 6.26. The van der Waals surface area contributed by atoms with Gasteiger partial charge < -0.3 is 19.5 Å². The van der Waals surface area contributed by atoms with Gasteiger partial charge in [0.25, 0.3) is 5.91 Å². The molecule has 2 fully saturated rings. The molecule has 0 spiro atoms. The fourth-order valence-electron chi connectivity index (χ4n) is 4.32. The Morgan fingerprint density at radius 3 is 2.24 bits per heavy atom. The molecular formula is C19H29N3O3. The molecule has 0 atom stereocenters. The van der Waals surface area contributed by atoms with Gasteiger partial charge in [-0.25, -0.2) is 0 Å². The third-order valence-corrected chi connectivity index (χ3v) is 5.71. The highest BCUT2D eigenvalue weighted by Crippen LogP contribution is 2.32. The number of piperazine rings is 1. The zero-order chi connectivity index (χ0) is 18.0. The second kappa shape index (κ2) is 7.60. The monoisotopic (exact) mass is 347 g/mol. The molecule has 1 N–H and O–H groups in total. The van der Waals surface area contributed by atoms with Crippen LogP contribution in [0.3, 0.4) is 0 Å². The number of carbonyl (C=O) groups excluding carboxylic acids is 2. The van der Waals surface area contributed by atoms with Crippen molar-refractivity contribution in [2.24, 2.45) is 0 Å². The molecule has 2 heterocycles. The summed E-state index contributed by atoms with van der Waals surface area (Å²) in [5, 5.41) is 8.96. The standard InChI is InChI=1S/C19H29N3O3/c1-14-12-17(15(2)22(14)16-6-4-3-5-7-16)19(25)21-10-8-20(9-11-21)18(24)13-23/h12,16,23H,3-11,13H2,1-2H3. The third-order valence-electron chi connectivity index (χ3n) is 5.71. The molecule has 138 valence electrons. The highest BCUT2D eigenvalue weighted by molar-refractivity contribution is 5.96. The van der Waals surface area contributed by atoms with Gasteiger partial charge in [0.2, 0.25) is 5.91 Å². The number of hydrogen-bond donors (Lipinski definition) is 1. The van der Waals surface area contributed by atoms with Crippen LogP contribution in [0.2, 0.25) is 0 Å². The first-order valence-electron chi connectivity index (χ1n) is 9.39. The first-order chi connectivity index (χ1) is 12.0. The van der Waals surface area contributed by atoms with Crippen LogP contribution in [-0.2, 0) is 4.79 Å². The van der Waals surface area contributed by atoms with Crippen LogP contribution in [-0.4, -0.2) is 64.1 Å². The summed E-state index contributed by atoms with van der Waals surface area (Å²) in [4.78, 5) is 28.0. The number of hydrogen-bond acceptors (Lipinski definition) is 3. The lowest BCUT2D eigenvalue weighted by atomic mass is 9.95. The summed E-state index contributed by atoms with van der Waals surface area (Å²) < 4.78 is 2.36. The lowest BCUT2D eigenvalue weighted by molar-refractivity contribution is -0.135. The number of nitrogens with zero attached hydrogens (tertiary/aromatic N) is 3. The van der Waals surface area contributed by atoms with E-state index in [1.807, 2.05) is 11.0 Å². The number of rotatable bonds is 3. The molecule has 0 aromatic carbocycles. The van der Waals surface area contributed by atoms with Gasteiger partial charge in [0, 0.05) is 43.6 Å². The minimum absolute atomic E-state index is 0.0613. The van der Waals surface area contributed by atoms with E-state index in [2.05, 4.69) is 18.4 Å². The van der Waals surface area contributed by atoms with Crippen LogP contribution in [0.1, 0.15) is 59.9 Å². The van der Waals surface area contributed by atoms with E-state index in [1.54, 1.807) is 4.90 Å². The van der Waals surface area contributed by atoms with Crippen LogP contribution < -0.4 is 0 Å². The predicted octanol–water partition coefficient (Wildman–Crippen LogP) is 1.89. The van der Waals surface area contributed by atoms with Gasteiger partial charge in [-0.05, 0) is 32.8 Å². The fourth-order valence-corrected chi connectivity index (χ4v) is 4.32. The second-order valence-corrected chi connectivity index (χ2v) is 7.28. The Bertz CT molecular complexity index is 639. The van der Waals surface area contributed by atoms with Crippen molar-refractivity contribution < 1.29 is 14.7 Å². The predicted molar refractivity (Wildman–Crippen MR) is 95.6 cm³/mol. The quantitative estimate of drug-likeness (QED) is 0.908. The summed E-state index contributed by atoms with van der Waals surface area (Å²) in [5.41, 5.74) is 3.04.